The number of allylic oxidation sites excluding steroid dienone is 2. The third kappa shape index (κ3) is 2.53. The third-order valence-electron chi connectivity index (χ3n) is 4.94. The molecule has 2 aromatic heterocycles. The quantitative estimate of drug-likeness (QED) is 0.578. The summed E-state index contributed by atoms with van der Waals surface area (Å²) in [6, 6.07) is 12.3. The largest absolute Gasteiger partial charge is 0.357 e. The second kappa shape index (κ2) is 6.10. The molecular formula is C21H19N5O. The van der Waals surface area contributed by atoms with E-state index in [2.05, 4.69) is 46.3 Å². The van der Waals surface area contributed by atoms with Crippen molar-refractivity contribution in [1.82, 2.24) is 19.9 Å². The highest BCUT2D eigenvalue weighted by Crippen LogP contribution is 2.30. The Kier molecular flexibility index (Phi) is 3.58. The fourth-order valence-corrected chi connectivity index (χ4v) is 3.56. The summed E-state index contributed by atoms with van der Waals surface area (Å²) in [5, 5.41) is 0. The van der Waals surface area contributed by atoms with Crippen molar-refractivity contribution in [2.75, 3.05) is 12.0 Å². The first kappa shape index (κ1) is 15.8. The van der Waals surface area contributed by atoms with Crippen LogP contribution >= 0.6 is 0 Å². The number of rotatable bonds is 3. The fraction of sp³-hybridized carbons (Fsp3) is 0.143. The maximum atomic E-state index is 5.65. The lowest BCUT2D eigenvalue weighted by Crippen LogP contribution is -2.33. The van der Waals surface area contributed by atoms with Gasteiger partial charge >= 0.3 is 0 Å². The molecule has 0 spiro atoms. The van der Waals surface area contributed by atoms with Gasteiger partial charge < -0.3 is 14.7 Å². The van der Waals surface area contributed by atoms with Gasteiger partial charge in [-0.15, -0.1) is 0 Å². The van der Waals surface area contributed by atoms with Crippen LogP contribution in [0.2, 0.25) is 0 Å². The molecule has 0 radical (unpaired) electrons. The Morgan fingerprint density at radius 3 is 2.78 bits per heavy atom. The van der Waals surface area contributed by atoms with Crippen molar-refractivity contribution in [2.24, 2.45) is 0 Å². The second-order valence-corrected chi connectivity index (χ2v) is 6.61. The van der Waals surface area contributed by atoms with Crippen molar-refractivity contribution in [2.45, 2.75) is 13.2 Å². The van der Waals surface area contributed by atoms with E-state index in [-0.39, 0.29) is 6.23 Å². The van der Waals surface area contributed by atoms with Gasteiger partial charge in [-0.3, -0.25) is 4.90 Å². The Balaban J connectivity index is 1.64. The van der Waals surface area contributed by atoms with E-state index < -0.39 is 0 Å². The van der Waals surface area contributed by atoms with Gasteiger partial charge in [-0.05, 0) is 30.7 Å². The van der Waals surface area contributed by atoms with Crippen LogP contribution in [0.4, 0.5) is 5.95 Å². The van der Waals surface area contributed by atoms with Gasteiger partial charge in [-0.25, -0.2) is 9.97 Å². The predicted molar refractivity (Wildman–Crippen MR) is 107 cm³/mol. The molecule has 6 heteroatoms. The number of imidazole rings is 2. The standard InChI is InChI=1S/C21H19N5O/c1-13-5-3-8-17-19(13)25-21(24-17)26-11-14(9-10-18(26)27-2)15-6-4-7-16-20(15)23-12-22-16/h3-12,18H,1-2H3,(H,22,23)(H,24,25). The van der Waals surface area contributed by atoms with Crippen LogP contribution in [-0.2, 0) is 4.74 Å². The van der Waals surface area contributed by atoms with Gasteiger partial charge in [-0.1, -0.05) is 30.3 Å². The average molecular weight is 357 g/mol. The normalized spacial score (nSPS) is 17.0. The van der Waals surface area contributed by atoms with Crippen molar-refractivity contribution in [3.8, 4) is 0 Å². The minimum atomic E-state index is -0.229. The van der Waals surface area contributed by atoms with Crippen LogP contribution in [0.15, 0.2) is 61.1 Å². The van der Waals surface area contributed by atoms with E-state index in [1.165, 1.54) is 0 Å². The average Bonchev–Trinajstić information content (AvgIpc) is 3.35. The number of aryl methyl sites for hydroxylation is 1. The molecule has 0 amide bonds. The number of hydrogen-bond acceptors (Lipinski definition) is 4. The van der Waals surface area contributed by atoms with Gasteiger partial charge in [0.25, 0.3) is 0 Å². The van der Waals surface area contributed by atoms with Crippen LogP contribution in [0.5, 0.6) is 0 Å². The minimum Gasteiger partial charge on any atom is -0.357 e. The number of hydrogen-bond donors (Lipinski definition) is 2. The van der Waals surface area contributed by atoms with Gasteiger partial charge in [0.15, 0.2) is 6.23 Å². The number of methoxy groups -OCH3 is 1. The zero-order valence-corrected chi connectivity index (χ0v) is 15.1. The van der Waals surface area contributed by atoms with E-state index >= 15 is 0 Å². The lowest BCUT2D eigenvalue weighted by molar-refractivity contribution is 0.143. The van der Waals surface area contributed by atoms with Crippen molar-refractivity contribution in [3.05, 3.63) is 72.2 Å². The molecule has 27 heavy (non-hydrogen) atoms. The first-order valence-corrected chi connectivity index (χ1v) is 8.83. The van der Waals surface area contributed by atoms with Gasteiger partial charge in [0.2, 0.25) is 5.95 Å². The monoisotopic (exact) mass is 357 g/mol. The van der Waals surface area contributed by atoms with Gasteiger partial charge in [0.05, 0.1) is 28.4 Å². The first-order valence-electron chi connectivity index (χ1n) is 8.83. The third-order valence-corrected chi connectivity index (χ3v) is 4.94. The molecule has 1 aliphatic rings. The Bertz CT molecular complexity index is 1200. The smallest absolute Gasteiger partial charge is 0.210 e. The molecule has 1 unspecified atom stereocenters. The first-order chi connectivity index (χ1) is 13.2. The van der Waals surface area contributed by atoms with Gasteiger partial charge in [0.1, 0.15) is 0 Å². The Labute approximate surface area is 156 Å². The van der Waals surface area contributed by atoms with Crippen LogP contribution in [0.3, 0.4) is 0 Å². The second-order valence-electron chi connectivity index (χ2n) is 6.61. The molecule has 3 heterocycles. The zero-order chi connectivity index (χ0) is 18.4. The number of ether oxygens (including phenoxy) is 1. The van der Waals surface area contributed by atoms with Crippen molar-refractivity contribution < 1.29 is 4.74 Å². The molecule has 5 rings (SSSR count). The molecule has 2 N–H and O–H groups in total. The van der Waals surface area contributed by atoms with E-state index in [1.54, 1.807) is 13.4 Å². The number of aromatic amines is 2. The molecule has 0 aliphatic carbocycles. The van der Waals surface area contributed by atoms with Crippen molar-refractivity contribution in [3.63, 3.8) is 0 Å². The molecule has 134 valence electrons. The lowest BCUT2D eigenvalue weighted by Gasteiger charge is -2.28. The van der Waals surface area contributed by atoms with Crippen LogP contribution < -0.4 is 4.90 Å². The molecule has 0 saturated carbocycles. The van der Waals surface area contributed by atoms with Crippen LogP contribution in [0.1, 0.15) is 11.1 Å². The van der Waals surface area contributed by atoms with Gasteiger partial charge in [-0.2, -0.15) is 0 Å². The molecular weight excluding hydrogens is 338 g/mol. The van der Waals surface area contributed by atoms with E-state index in [0.29, 0.717) is 0 Å². The number of benzene rings is 2. The number of H-pyrrole nitrogens is 2. The van der Waals surface area contributed by atoms with Crippen LogP contribution in [0.25, 0.3) is 27.6 Å². The SMILES string of the molecule is COC1C=CC(c2cccc3[nH]cnc23)=CN1c1nc2c(C)cccc2[nH]1. The summed E-state index contributed by atoms with van der Waals surface area (Å²) in [4.78, 5) is 17.9. The van der Waals surface area contributed by atoms with Gasteiger partial charge in [0, 0.05) is 24.4 Å². The molecule has 1 atom stereocenters. The Hall–Kier alpha value is -3.38. The highest BCUT2D eigenvalue weighted by Gasteiger charge is 2.23. The lowest BCUT2D eigenvalue weighted by atomic mass is 10.0. The van der Waals surface area contributed by atoms with E-state index in [4.69, 9.17) is 9.72 Å². The van der Waals surface area contributed by atoms with Crippen molar-refractivity contribution >= 4 is 33.6 Å². The highest BCUT2D eigenvalue weighted by atomic mass is 16.5. The summed E-state index contributed by atoms with van der Waals surface area (Å²) in [5.41, 5.74) is 7.21. The maximum Gasteiger partial charge on any atom is 0.210 e. The molecule has 0 fully saturated rings. The van der Waals surface area contributed by atoms with Crippen molar-refractivity contribution in [1.29, 1.82) is 0 Å². The number of para-hydroxylation sites is 2. The molecule has 4 aromatic rings. The Morgan fingerprint density at radius 2 is 1.93 bits per heavy atom. The zero-order valence-electron chi connectivity index (χ0n) is 15.1. The van der Waals surface area contributed by atoms with Crippen LogP contribution in [0, 0.1) is 6.92 Å². The van der Waals surface area contributed by atoms with E-state index in [0.717, 1.165) is 44.7 Å². The number of nitrogens with one attached hydrogen (secondary N) is 2. The molecule has 6 nitrogen and oxygen atoms in total. The molecule has 0 saturated heterocycles. The summed E-state index contributed by atoms with van der Waals surface area (Å²) >= 11 is 0. The molecule has 2 aromatic carbocycles. The molecule has 0 bridgehead atoms. The molecule has 1 aliphatic heterocycles. The van der Waals surface area contributed by atoms with E-state index in [1.807, 2.05) is 35.2 Å². The Morgan fingerprint density at radius 1 is 1.07 bits per heavy atom. The predicted octanol–water partition coefficient (Wildman–Crippen LogP) is 4.14. The fourth-order valence-electron chi connectivity index (χ4n) is 3.56. The topological polar surface area (TPSA) is 69.8 Å². The maximum absolute atomic E-state index is 5.65. The van der Waals surface area contributed by atoms with E-state index in [9.17, 15) is 0 Å². The number of aromatic nitrogens is 4. The highest BCUT2D eigenvalue weighted by molar-refractivity contribution is 5.93. The number of fused-ring (bicyclic) bond motifs is 2. The summed E-state index contributed by atoms with van der Waals surface area (Å²) in [5.74, 6) is 0.752. The van der Waals surface area contributed by atoms with Crippen LogP contribution in [-0.4, -0.2) is 33.3 Å². The summed E-state index contributed by atoms with van der Waals surface area (Å²) in [6.07, 6.45) is 7.65. The summed E-state index contributed by atoms with van der Waals surface area (Å²) < 4.78 is 5.65. The summed E-state index contributed by atoms with van der Waals surface area (Å²) in [7, 11) is 1.70. The number of anilines is 1. The minimum absolute atomic E-state index is 0.229. The number of nitrogens with zero attached hydrogens (tertiary/aromatic N) is 3. The summed E-state index contributed by atoms with van der Waals surface area (Å²) in [6.45, 7) is 2.07.